The molecular formula is C20H17ClN4O. The third-order valence-electron chi connectivity index (χ3n) is 4.38. The van der Waals surface area contributed by atoms with Crippen LogP contribution in [0.4, 0.5) is 17.3 Å². The van der Waals surface area contributed by atoms with Gasteiger partial charge in [-0.15, -0.1) is 0 Å². The lowest BCUT2D eigenvalue weighted by Gasteiger charge is -2.22. The number of rotatable bonds is 3. The first-order valence-corrected chi connectivity index (χ1v) is 8.77. The molecule has 0 bridgehead atoms. The van der Waals surface area contributed by atoms with E-state index in [1.807, 2.05) is 37.3 Å². The van der Waals surface area contributed by atoms with Gasteiger partial charge in [-0.05, 0) is 49.2 Å². The summed E-state index contributed by atoms with van der Waals surface area (Å²) in [4.78, 5) is 23.5. The molecule has 1 aromatic heterocycles. The summed E-state index contributed by atoms with van der Waals surface area (Å²) >= 11 is 6.00. The molecule has 1 aliphatic rings. The zero-order valence-electron chi connectivity index (χ0n) is 14.2. The third-order valence-corrected chi connectivity index (χ3v) is 4.62. The van der Waals surface area contributed by atoms with Gasteiger partial charge < -0.3 is 10.2 Å². The standard InChI is InChI=1S/C20H17ClN4O/c1-13-11-14-5-2-3-8-18(14)25(13)19(26)17-9-10-22-20(24-17)23-16-7-4-6-15(21)12-16/h2-10,12-13H,11H2,1H3,(H,22,23,24). The fraction of sp³-hybridized carbons (Fsp3) is 0.150. The average Bonchev–Trinajstić information content (AvgIpc) is 2.97. The Morgan fingerprint density at radius 2 is 2.04 bits per heavy atom. The maximum Gasteiger partial charge on any atom is 0.277 e. The van der Waals surface area contributed by atoms with Crippen LogP contribution in [0.2, 0.25) is 5.02 Å². The third kappa shape index (κ3) is 3.13. The topological polar surface area (TPSA) is 58.1 Å². The molecule has 0 spiro atoms. The van der Waals surface area contributed by atoms with Crippen LogP contribution in [-0.2, 0) is 6.42 Å². The van der Waals surface area contributed by atoms with E-state index in [9.17, 15) is 4.79 Å². The number of hydrogen-bond donors (Lipinski definition) is 1. The van der Waals surface area contributed by atoms with Gasteiger partial charge in [-0.1, -0.05) is 35.9 Å². The number of benzene rings is 2. The van der Waals surface area contributed by atoms with Crippen molar-refractivity contribution in [1.29, 1.82) is 0 Å². The van der Waals surface area contributed by atoms with Gasteiger partial charge in [-0.2, -0.15) is 0 Å². The summed E-state index contributed by atoms with van der Waals surface area (Å²) < 4.78 is 0. The average molecular weight is 365 g/mol. The highest BCUT2D eigenvalue weighted by Crippen LogP contribution is 2.32. The second-order valence-electron chi connectivity index (χ2n) is 6.26. The molecule has 0 fully saturated rings. The number of anilines is 3. The molecular weight excluding hydrogens is 348 g/mol. The van der Waals surface area contributed by atoms with Gasteiger partial charge >= 0.3 is 0 Å². The molecule has 1 amide bonds. The van der Waals surface area contributed by atoms with Crippen molar-refractivity contribution in [2.45, 2.75) is 19.4 Å². The Labute approximate surface area is 156 Å². The van der Waals surface area contributed by atoms with E-state index in [4.69, 9.17) is 11.6 Å². The van der Waals surface area contributed by atoms with E-state index in [0.717, 1.165) is 17.8 Å². The van der Waals surface area contributed by atoms with Crippen LogP contribution in [0.25, 0.3) is 0 Å². The van der Waals surface area contributed by atoms with Gasteiger partial charge in [0.1, 0.15) is 5.69 Å². The molecule has 0 radical (unpaired) electrons. The number of amides is 1. The van der Waals surface area contributed by atoms with E-state index in [-0.39, 0.29) is 11.9 Å². The maximum atomic E-state index is 13.1. The van der Waals surface area contributed by atoms with Crippen LogP contribution >= 0.6 is 11.6 Å². The van der Waals surface area contributed by atoms with Crippen molar-refractivity contribution < 1.29 is 4.79 Å². The van der Waals surface area contributed by atoms with Crippen molar-refractivity contribution in [3.05, 3.63) is 77.1 Å². The molecule has 4 rings (SSSR count). The Hall–Kier alpha value is -2.92. The number of nitrogens with zero attached hydrogens (tertiary/aromatic N) is 3. The van der Waals surface area contributed by atoms with Crippen LogP contribution in [0.3, 0.4) is 0 Å². The first-order chi connectivity index (χ1) is 12.6. The molecule has 0 saturated heterocycles. The summed E-state index contributed by atoms with van der Waals surface area (Å²) in [7, 11) is 0. The largest absolute Gasteiger partial charge is 0.324 e. The van der Waals surface area contributed by atoms with Gasteiger partial charge in [0, 0.05) is 28.6 Å². The number of aromatic nitrogens is 2. The van der Waals surface area contributed by atoms with Crippen molar-refractivity contribution in [2.75, 3.05) is 10.2 Å². The first-order valence-electron chi connectivity index (χ1n) is 8.39. The van der Waals surface area contributed by atoms with Crippen molar-refractivity contribution in [2.24, 2.45) is 0 Å². The van der Waals surface area contributed by atoms with Gasteiger partial charge in [0.15, 0.2) is 0 Å². The minimum atomic E-state index is -0.126. The molecule has 1 N–H and O–H groups in total. The number of hydrogen-bond acceptors (Lipinski definition) is 4. The summed E-state index contributed by atoms with van der Waals surface area (Å²) in [6, 6.07) is 17.0. The number of halogens is 1. The number of para-hydroxylation sites is 1. The normalized spacial score (nSPS) is 15.6. The molecule has 1 unspecified atom stereocenters. The van der Waals surface area contributed by atoms with Gasteiger partial charge in [-0.3, -0.25) is 4.79 Å². The molecule has 3 aromatic rings. The van der Waals surface area contributed by atoms with Crippen molar-refractivity contribution in [1.82, 2.24) is 9.97 Å². The van der Waals surface area contributed by atoms with Crippen molar-refractivity contribution in [3.8, 4) is 0 Å². The lowest BCUT2D eigenvalue weighted by Crippen LogP contribution is -2.36. The van der Waals surface area contributed by atoms with E-state index in [1.54, 1.807) is 29.3 Å². The smallest absolute Gasteiger partial charge is 0.277 e. The summed E-state index contributed by atoms with van der Waals surface area (Å²) in [6.45, 7) is 2.05. The number of fused-ring (bicyclic) bond motifs is 1. The Kier molecular flexibility index (Phi) is 4.31. The van der Waals surface area contributed by atoms with Crippen LogP contribution in [0.1, 0.15) is 23.0 Å². The van der Waals surface area contributed by atoms with E-state index in [2.05, 4.69) is 21.4 Å². The summed E-state index contributed by atoms with van der Waals surface area (Å²) in [5.41, 5.74) is 3.25. The van der Waals surface area contributed by atoms with Crippen LogP contribution < -0.4 is 10.2 Å². The molecule has 5 nitrogen and oxygen atoms in total. The van der Waals surface area contributed by atoms with Gasteiger partial charge in [0.2, 0.25) is 5.95 Å². The Balaban J connectivity index is 1.61. The second kappa shape index (κ2) is 6.77. The summed E-state index contributed by atoms with van der Waals surface area (Å²) in [6.07, 6.45) is 2.43. The number of nitrogens with one attached hydrogen (secondary N) is 1. The van der Waals surface area contributed by atoms with Gasteiger partial charge in [0.25, 0.3) is 5.91 Å². The van der Waals surface area contributed by atoms with Gasteiger partial charge in [-0.25, -0.2) is 9.97 Å². The zero-order chi connectivity index (χ0) is 18.1. The van der Waals surface area contributed by atoms with Crippen LogP contribution in [0.5, 0.6) is 0 Å². The summed E-state index contributed by atoms with van der Waals surface area (Å²) in [5.74, 6) is 0.234. The number of carbonyl (C=O) groups excluding carboxylic acids is 1. The van der Waals surface area contributed by atoms with Crippen molar-refractivity contribution >= 4 is 34.8 Å². The van der Waals surface area contributed by atoms with Gasteiger partial charge in [0.05, 0.1) is 0 Å². The molecule has 2 heterocycles. The predicted molar refractivity (Wildman–Crippen MR) is 103 cm³/mol. The SMILES string of the molecule is CC1Cc2ccccc2N1C(=O)c1ccnc(Nc2cccc(Cl)c2)n1. The Morgan fingerprint density at radius 1 is 1.19 bits per heavy atom. The zero-order valence-corrected chi connectivity index (χ0v) is 14.9. The highest BCUT2D eigenvalue weighted by molar-refractivity contribution is 6.30. The molecule has 130 valence electrons. The molecule has 0 saturated carbocycles. The maximum absolute atomic E-state index is 13.1. The van der Waals surface area contributed by atoms with Crippen LogP contribution in [0, 0.1) is 0 Å². The molecule has 2 aromatic carbocycles. The fourth-order valence-electron chi connectivity index (χ4n) is 3.23. The van der Waals surface area contributed by atoms with E-state index < -0.39 is 0 Å². The second-order valence-corrected chi connectivity index (χ2v) is 6.69. The highest BCUT2D eigenvalue weighted by atomic mass is 35.5. The Morgan fingerprint density at radius 3 is 2.88 bits per heavy atom. The Bertz CT molecular complexity index is 975. The quantitative estimate of drug-likeness (QED) is 0.745. The number of carbonyl (C=O) groups is 1. The van der Waals surface area contributed by atoms with Crippen molar-refractivity contribution in [3.63, 3.8) is 0 Å². The molecule has 1 aliphatic heterocycles. The lowest BCUT2D eigenvalue weighted by molar-refractivity contribution is 0.0976. The highest BCUT2D eigenvalue weighted by Gasteiger charge is 2.31. The summed E-state index contributed by atoms with van der Waals surface area (Å²) in [5, 5.41) is 3.70. The van der Waals surface area contributed by atoms with Crippen LogP contribution in [-0.4, -0.2) is 21.9 Å². The predicted octanol–water partition coefficient (Wildman–Crippen LogP) is 4.47. The van der Waals surface area contributed by atoms with Crippen LogP contribution in [0.15, 0.2) is 60.8 Å². The van der Waals surface area contributed by atoms with E-state index >= 15 is 0 Å². The molecule has 26 heavy (non-hydrogen) atoms. The fourth-order valence-corrected chi connectivity index (χ4v) is 3.42. The van der Waals surface area contributed by atoms with E-state index in [0.29, 0.717) is 16.7 Å². The minimum Gasteiger partial charge on any atom is -0.324 e. The monoisotopic (exact) mass is 364 g/mol. The lowest BCUT2D eigenvalue weighted by atomic mass is 10.1. The van der Waals surface area contributed by atoms with E-state index in [1.165, 1.54) is 5.56 Å². The molecule has 6 heteroatoms. The first kappa shape index (κ1) is 16.5. The molecule has 0 aliphatic carbocycles. The minimum absolute atomic E-state index is 0.0965. The molecule has 1 atom stereocenters.